The summed E-state index contributed by atoms with van der Waals surface area (Å²) in [6.07, 6.45) is 5.15. The fraction of sp³-hybridized carbons (Fsp3) is 0.280. The van der Waals surface area contributed by atoms with E-state index >= 15 is 0 Å². The summed E-state index contributed by atoms with van der Waals surface area (Å²) in [6.45, 7) is 5.03. The summed E-state index contributed by atoms with van der Waals surface area (Å²) in [5, 5.41) is 12.5. The summed E-state index contributed by atoms with van der Waals surface area (Å²) in [5.74, 6) is 0.596. The van der Waals surface area contributed by atoms with Crippen molar-refractivity contribution in [3.05, 3.63) is 89.0 Å². The maximum atomic E-state index is 6.62. The van der Waals surface area contributed by atoms with Gasteiger partial charge in [0, 0.05) is 35.9 Å². The predicted molar refractivity (Wildman–Crippen MR) is 141 cm³/mol. The number of aromatic nitrogens is 5. The first-order valence-electron chi connectivity index (χ1n) is 11.5. The SMILES string of the molecule is COCCOc1ccc(N2C(=S)N[C@@H](c3ccccn3)[C@H]2c2cc(C)n(-n3cnnc3)c2C)cc1Cl. The van der Waals surface area contributed by atoms with Crippen molar-refractivity contribution >= 4 is 34.6 Å². The predicted octanol–water partition coefficient (Wildman–Crippen LogP) is 4.26. The van der Waals surface area contributed by atoms with Crippen LogP contribution in [0.1, 0.15) is 34.7 Å². The van der Waals surface area contributed by atoms with Gasteiger partial charge in [-0.2, -0.15) is 0 Å². The Kier molecular flexibility index (Phi) is 6.90. The van der Waals surface area contributed by atoms with Gasteiger partial charge in [-0.05, 0) is 62.5 Å². The van der Waals surface area contributed by atoms with E-state index in [-0.39, 0.29) is 12.1 Å². The van der Waals surface area contributed by atoms with E-state index in [1.807, 2.05) is 41.1 Å². The average molecular weight is 524 g/mol. The number of pyridine rings is 1. The molecule has 0 saturated carbocycles. The Morgan fingerprint density at radius 3 is 2.58 bits per heavy atom. The van der Waals surface area contributed by atoms with E-state index in [9.17, 15) is 0 Å². The van der Waals surface area contributed by atoms with Crippen molar-refractivity contribution in [2.75, 3.05) is 25.2 Å². The summed E-state index contributed by atoms with van der Waals surface area (Å²) >= 11 is 12.5. The molecule has 0 radical (unpaired) electrons. The van der Waals surface area contributed by atoms with Gasteiger partial charge in [-0.15, -0.1) is 10.2 Å². The topological polar surface area (TPSA) is 82.3 Å². The summed E-state index contributed by atoms with van der Waals surface area (Å²) in [4.78, 5) is 6.74. The maximum absolute atomic E-state index is 6.62. The minimum Gasteiger partial charge on any atom is -0.490 e. The fourth-order valence-corrected chi connectivity index (χ4v) is 5.25. The molecule has 0 bridgehead atoms. The van der Waals surface area contributed by atoms with Gasteiger partial charge < -0.3 is 19.7 Å². The molecule has 1 saturated heterocycles. The molecule has 0 unspecified atom stereocenters. The number of anilines is 1. The molecule has 3 aromatic heterocycles. The van der Waals surface area contributed by atoms with Gasteiger partial charge in [-0.25, -0.2) is 4.68 Å². The quantitative estimate of drug-likeness (QED) is 0.271. The third kappa shape index (κ3) is 4.43. The molecular formula is C25H26ClN7O2S. The Morgan fingerprint density at radius 1 is 1.08 bits per heavy atom. The van der Waals surface area contributed by atoms with Gasteiger partial charge in [0.25, 0.3) is 0 Å². The molecular weight excluding hydrogens is 498 g/mol. The number of nitrogens with zero attached hydrogens (tertiary/aromatic N) is 6. The first kappa shape index (κ1) is 24.2. The van der Waals surface area contributed by atoms with Crippen LogP contribution in [0.15, 0.2) is 61.3 Å². The number of nitrogens with one attached hydrogen (secondary N) is 1. The largest absolute Gasteiger partial charge is 0.490 e. The van der Waals surface area contributed by atoms with Crippen LogP contribution in [0, 0.1) is 13.8 Å². The molecule has 1 aliphatic heterocycles. The first-order chi connectivity index (χ1) is 17.5. The highest BCUT2D eigenvalue weighted by atomic mass is 35.5. The minimum atomic E-state index is -0.180. The lowest BCUT2D eigenvalue weighted by atomic mass is 9.96. The molecule has 0 spiro atoms. The molecule has 0 amide bonds. The highest BCUT2D eigenvalue weighted by molar-refractivity contribution is 7.80. The van der Waals surface area contributed by atoms with Crippen LogP contribution in [-0.2, 0) is 4.74 Å². The second-order valence-electron chi connectivity index (χ2n) is 8.43. The van der Waals surface area contributed by atoms with Crippen molar-refractivity contribution in [1.82, 2.24) is 29.9 Å². The van der Waals surface area contributed by atoms with Gasteiger partial charge in [0.2, 0.25) is 0 Å². The van der Waals surface area contributed by atoms with Crippen molar-refractivity contribution in [1.29, 1.82) is 0 Å². The molecule has 1 N–H and O–H groups in total. The number of rotatable bonds is 8. The van der Waals surface area contributed by atoms with Crippen molar-refractivity contribution in [2.24, 2.45) is 0 Å². The Hall–Kier alpha value is -3.47. The number of halogens is 1. The van der Waals surface area contributed by atoms with Crippen molar-refractivity contribution in [2.45, 2.75) is 25.9 Å². The summed E-state index contributed by atoms with van der Waals surface area (Å²) in [7, 11) is 1.63. The third-order valence-corrected chi connectivity index (χ3v) is 6.84. The molecule has 11 heteroatoms. The number of thiocarbonyl (C=S) groups is 1. The lowest BCUT2D eigenvalue weighted by molar-refractivity contribution is 0.146. The van der Waals surface area contributed by atoms with Gasteiger partial charge in [0.15, 0.2) is 5.11 Å². The van der Waals surface area contributed by atoms with Crippen LogP contribution < -0.4 is 15.0 Å². The van der Waals surface area contributed by atoms with Crippen LogP contribution in [0.3, 0.4) is 0 Å². The molecule has 186 valence electrons. The van der Waals surface area contributed by atoms with Crippen LogP contribution in [0.25, 0.3) is 0 Å². The lowest BCUT2D eigenvalue weighted by Gasteiger charge is -2.28. The molecule has 2 atom stereocenters. The maximum Gasteiger partial charge on any atom is 0.174 e. The molecule has 4 aromatic rings. The lowest BCUT2D eigenvalue weighted by Crippen LogP contribution is -2.29. The zero-order valence-corrected chi connectivity index (χ0v) is 21.7. The number of methoxy groups -OCH3 is 1. The standard InChI is InChI=1S/C25H26ClN7O2S/c1-16-12-19(17(2)33(16)31-14-28-29-15-31)24-23(21-6-4-5-9-27-21)30-25(36)32(24)18-7-8-22(20(26)13-18)35-11-10-34-3/h4-9,12-15,23-24H,10-11H2,1-3H3,(H,30,36)/t23-,24+/m0/s1. The Labute approximate surface area is 219 Å². The number of benzene rings is 1. The van der Waals surface area contributed by atoms with E-state index in [2.05, 4.69) is 50.0 Å². The van der Waals surface area contributed by atoms with Gasteiger partial charge in [0.1, 0.15) is 25.0 Å². The first-order valence-corrected chi connectivity index (χ1v) is 12.2. The van der Waals surface area contributed by atoms with Crippen LogP contribution in [-0.4, -0.2) is 50.0 Å². The molecule has 9 nitrogen and oxygen atoms in total. The van der Waals surface area contributed by atoms with Crippen molar-refractivity contribution < 1.29 is 9.47 Å². The van der Waals surface area contributed by atoms with E-state index in [1.54, 1.807) is 26.0 Å². The number of aryl methyl sites for hydroxylation is 1. The number of hydrogen-bond acceptors (Lipinski definition) is 6. The van der Waals surface area contributed by atoms with E-state index in [0.717, 1.165) is 28.3 Å². The number of hydrogen-bond donors (Lipinski definition) is 1. The molecule has 1 fully saturated rings. The van der Waals surface area contributed by atoms with E-state index in [0.29, 0.717) is 29.1 Å². The molecule has 36 heavy (non-hydrogen) atoms. The summed E-state index contributed by atoms with van der Waals surface area (Å²) in [5.41, 5.74) is 4.93. The molecule has 0 aliphatic carbocycles. The van der Waals surface area contributed by atoms with Crippen LogP contribution in [0.5, 0.6) is 5.75 Å². The highest BCUT2D eigenvalue weighted by Crippen LogP contribution is 2.44. The molecule has 4 heterocycles. The summed E-state index contributed by atoms with van der Waals surface area (Å²) in [6, 6.07) is 13.4. The summed E-state index contributed by atoms with van der Waals surface area (Å²) < 4.78 is 14.8. The number of ether oxygens (including phenoxy) is 2. The normalized spacial score (nSPS) is 17.4. The monoisotopic (exact) mass is 523 g/mol. The Bertz CT molecular complexity index is 1360. The third-order valence-electron chi connectivity index (χ3n) is 6.23. The van der Waals surface area contributed by atoms with E-state index < -0.39 is 0 Å². The van der Waals surface area contributed by atoms with Gasteiger partial charge in [-0.1, -0.05) is 17.7 Å². The van der Waals surface area contributed by atoms with Gasteiger partial charge in [-0.3, -0.25) is 9.66 Å². The van der Waals surface area contributed by atoms with Crippen LogP contribution in [0.2, 0.25) is 5.02 Å². The van der Waals surface area contributed by atoms with Crippen LogP contribution in [0.4, 0.5) is 5.69 Å². The zero-order chi connectivity index (χ0) is 25.2. The molecule has 1 aliphatic rings. The van der Waals surface area contributed by atoms with Crippen molar-refractivity contribution in [3.8, 4) is 5.75 Å². The highest BCUT2D eigenvalue weighted by Gasteiger charge is 2.42. The Morgan fingerprint density at radius 2 is 1.89 bits per heavy atom. The van der Waals surface area contributed by atoms with Crippen molar-refractivity contribution in [3.63, 3.8) is 0 Å². The second kappa shape index (κ2) is 10.3. The molecule has 5 rings (SSSR count). The average Bonchev–Trinajstić information content (AvgIpc) is 3.58. The Balaban J connectivity index is 1.59. The minimum absolute atomic E-state index is 0.176. The van der Waals surface area contributed by atoms with Gasteiger partial charge >= 0.3 is 0 Å². The van der Waals surface area contributed by atoms with Gasteiger partial charge in [0.05, 0.1) is 29.4 Å². The van der Waals surface area contributed by atoms with E-state index in [4.69, 9.17) is 33.3 Å². The second-order valence-corrected chi connectivity index (χ2v) is 9.23. The molecule has 1 aromatic carbocycles. The smallest absolute Gasteiger partial charge is 0.174 e. The fourth-order valence-electron chi connectivity index (χ4n) is 4.67. The van der Waals surface area contributed by atoms with Crippen LogP contribution >= 0.6 is 23.8 Å². The van der Waals surface area contributed by atoms with E-state index in [1.165, 1.54) is 0 Å². The zero-order valence-electron chi connectivity index (χ0n) is 20.1.